The van der Waals surface area contributed by atoms with Crippen LogP contribution in [0.4, 0.5) is 5.69 Å². The SMILES string of the molecule is CCc1ccc(N(CC(=O)N(Cc2ccccc2)[C@@H](CC)C(=O)N[C@H](C)CC)S(C)(=O)=O)cc1. The summed E-state index contributed by atoms with van der Waals surface area (Å²) in [7, 11) is -3.73. The van der Waals surface area contributed by atoms with Crippen LogP contribution in [0, 0.1) is 0 Å². The van der Waals surface area contributed by atoms with Gasteiger partial charge in [0.2, 0.25) is 21.8 Å². The van der Waals surface area contributed by atoms with Crippen molar-refractivity contribution in [2.24, 2.45) is 0 Å². The van der Waals surface area contributed by atoms with Crippen molar-refractivity contribution in [3.05, 3.63) is 65.7 Å². The summed E-state index contributed by atoms with van der Waals surface area (Å²) in [5, 5.41) is 2.96. The average Bonchev–Trinajstić information content (AvgIpc) is 2.82. The standard InChI is InChI=1S/C26H37N3O4S/c1-6-20(4)27-26(31)24(8-3)28(18-22-12-10-9-11-13-22)25(30)19-29(34(5,32)33)23-16-14-21(7-2)15-17-23/h9-17,20,24H,6-8,18-19H2,1-5H3,(H,27,31)/t20-,24+/m1/s1. The fourth-order valence-electron chi connectivity index (χ4n) is 3.65. The molecule has 0 aliphatic heterocycles. The molecule has 0 spiro atoms. The van der Waals surface area contributed by atoms with Crippen molar-refractivity contribution < 1.29 is 18.0 Å². The highest BCUT2D eigenvalue weighted by Crippen LogP contribution is 2.20. The number of carbonyl (C=O) groups is 2. The van der Waals surface area contributed by atoms with Gasteiger partial charge in [0.1, 0.15) is 12.6 Å². The van der Waals surface area contributed by atoms with Gasteiger partial charge in [0.05, 0.1) is 11.9 Å². The monoisotopic (exact) mass is 487 g/mol. The number of carbonyl (C=O) groups excluding carboxylic acids is 2. The lowest BCUT2D eigenvalue weighted by atomic mass is 10.1. The third-order valence-electron chi connectivity index (χ3n) is 5.89. The minimum Gasteiger partial charge on any atom is -0.352 e. The number of sulfonamides is 1. The van der Waals surface area contributed by atoms with Crippen LogP contribution >= 0.6 is 0 Å². The van der Waals surface area contributed by atoms with Crippen LogP contribution in [-0.2, 0) is 32.6 Å². The molecule has 2 aromatic rings. The highest BCUT2D eigenvalue weighted by Gasteiger charge is 2.32. The van der Waals surface area contributed by atoms with Gasteiger partial charge in [0.25, 0.3) is 0 Å². The Bertz CT molecular complexity index is 1040. The molecular weight excluding hydrogens is 450 g/mol. The summed E-state index contributed by atoms with van der Waals surface area (Å²) in [4.78, 5) is 28.2. The number of hydrogen-bond donors (Lipinski definition) is 1. The van der Waals surface area contributed by atoms with Crippen LogP contribution < -0.4 is 9.62 Å². The Morgan fingerprint density at radius 3 is 2.03 bits per heavy atom. The fourth-order valence-corrected chi connectivity index (χ4v) is 4.50. The fraction of sp³-hybridized carbons (Fsp3) is 0.462. The van der Waals surface area contributed by atoms with E-state index in [9.17, 15) is 18.0 Å². The molecule has 0 radical (unpaired) electrons. The molecule has 2 rings (SSSR count). The van der Waals surface area contributed by atoms with Crippen molar-refractivity contribution in [2.45, 2.75) is 65.6 Å². The first-order chi connectivity index (χ1) is 16.1. The Morgan fingerprint density at radius 2 is 1.53 bits per heavy atom. The average molecular weight is 488 g/mol. The van der Waals surface area contributed by atoms with Gasteiger partial charge in [-0.3, -0.25) is 13.9 Å². The number of rotatable bonds is 12. The lowest BCUT2D eigenvalue weighted by Crippen LogP contribution is -2.53. The highest BCUT2D eigenvalue weighted by molar-refractivity contribution is 7.92. The second-order valence-electron chi connectivity index (χ2n) is 8.54. The summed E-state index contributed by atoms with van der Waals surface area (Å²) < 4.78 is 26.4. The zero-order valence-electron chi connectivity index (χ0n) is 20.8. The lowest BCUT2D eigenvalue weighted by molar-refractivity contribution is -0.140. The Labute approximate surface area is 204 Å². The molecule has 8 heteroatoms. The van der Waals surface area contributed by atoms with E-state index < -0.39 is 22.0 Å². The number of aryl methyl sites for hydroxylation is 1. The van der Waals surface area contributed by atoms with E-state index in [0.29, 0.717) is 12.1 Å². The third-order valence-corrected chi connectivity index (χ3v) is 7.04. The number of benzene rings is 2. The molecular formula is C26H37N3O4S. The van der Waals surface area contributed by atoms with Crippen molar-refractivity contribution in [3.8, 4) is 0 Å². The zero-order chi connectivity index (χ0) is 25.3. The molecule has 0 aliphatic carbocycles. The first-order valence-corrected chi connectivity index (χ1v) is 13.7. The summed E-state index contributed by atoms with van der Waals surface area (Å²) in [5.74, 6) is -0.667. The Morgan fingerprint density at radius 1 is 0.912 bits per heavy atom. The van der Waals surface area contributed by atoms with Crippen LogP contribution in [0.1, 0.15) is 51.7 Å². The van der Waals surface area contributed by atoms with Gasteiger partial charge in [0, 0.05) is 12.6 Å². The zero-order valence-corrected chi connectivity index (χ0v) is 21.6. The molecule has 186 valence electrons. The number of nitrogens with zero attached hydrogens (tertiary/aromatic N) is 2. The number of hydrogen-bond acceptors (Lipinski definition) is 4. The van der Waals surface area contributed by atoms with Crippen LogP contribution in [0.5, 0.6) is 0 Å². The molecule has 1 N–H and O–H groups in total. The van der Waals surface area contributed by atoms with Crippen LogP contribution in [0.3, 0.4) is 0 Å². The van der Waals surface area contributed by atoms with Gasteiger partial charge in [0.15, 0.2) is 0 Å². The van der Waals surface area contributed by atoms with Gasteiger partial charge in [-0.15, -0.1) is 0 Å². The molecule has 0 aromatic heterocycles. The van der Waals surface area contributed by atoms with Gasteiger partial charge in [-0.1, -0.05) is 63.2 Å². The second-order valence-corrected chi connectivity index (χ2v) is 10.4. The molecule has 0 unspecified atom stereocenters. The minimum absolute atomic E-state index is 0.0279. The van der Waals surface area contributed by atoms with Gasteiger partial charge in [-0.25, -0.2) is 8.42 Å². The largest absolute Gasteiger partial charge is 0.352 e. The maximum absolute atomic E-state index is 13.6. The number of nitrogens with one attached hydrogen (secondary N) is 1. The van der Waals surface area contributed by atoms with E-state index in [1.807, 2.05) is 70.2 Å². The lowest BCUT2D eigenvalue weighted by Gasteiger charge is -2.33. The molecule has 7 nitrogen and oxygen atoms in total. The minimum atomic E-state index is -3.73. The van der Waals surface area contributed by atoms with Crippen LogP contribution in [0.2, 0.25) is 0 Å². The molecule has 0 fully saturated rings. The van der Waals surface area contributed by atoms with Crippen molar-refractivity contribution in [1.29, 1.82) is 0 Å². The second kappa shape index (κ2) is 12.6. The number of anilines is 1. The van der Waals surface area contributed by atoms with E-state index in [1.54, 1.807) is 12.1 Å². The molecule has 0 heterocycles. The summed E-state index contributed by atoms with van der Waals surface area (Å²) in [6.07, 6.45) is 3.09. The van der Waals surface area contributed by atoms with E-state index in [2.05, 4.69) is 5.32 Å². The molecule has 2 aromatic carbocycles. The van der Waals surface area contributed by atoms with Crippen molar-refractivity contribution in [2.75, 3.05) is 17.1 Å². The van der Waals surface area contributed by atoms with E-state index in [1.165, 1.54) is 4.90 Å². The highest BCUT2D eigenvalue weighted by atomic mass is 32.2. The maximum Gasteiger partial charge on any atom is 0.244 e. The van der Waals surface area contributed by atoms with E-state index >= 15 is 0 Å². The molecule has 34 heavy (non-hydrogen) atoms. The normalized spacial score (nSPS) is 13.1. The first-order valence-electron chi connectivity index (χ1n) is 11.8. The third kappa shape index (κ3) is 7.58. The van der Waals surface area contributed by atoms with Crippen molar-refractivity contribution >= 4 is 27.5 Å². The van der Waals surface area contributed by atoms with Crippen LogP contribution in [0.15, 0.2) is 54.6 Å². The quantitative estimate of drug-likeness (QED) is 0.494. The summed E-state index contributed by atoms with van der Waals surface area (Å²) in [6, 6.07) is 15.8. The summed E-state index contributed by atoms with van der Waals surface area (Å²) in [6.45, 7) is 7.59. The van der Waals surface area contributed by atoms with Gasteiger partial charge >= 0.3 is 0 Å². The molecule has 0 saturated carbocycles. The predicted molar refractivity (Wildman–Crippen MR) is 137 cm³/mol. The first kappa shape index (κ1) is 27.4. The predicted octanol–water partition coefficient (Wildman–Crippen LogP) is 3.74. The van der Waals surface area contributed by atoms with Crippen LogP contribution in [-0.4, -0.2) is 50.0 Å². The topological polar surface area (TPSA) is 86.8 Å². The van der Waals surface area contributed by atoms with E-state index in [0.717, 1.165) is 34.5 Å². The van der Waals surface area contributed by atoms with Gasteiger partial charge in [-0.2, -0.15) is 0 Å². The van der Waals surface area contributed by atoms with Crippen molar-refractivity contribution in [1.82, 2.24) is 10.2 Å². The molecule has 0 bridgehead atoms. The molecule has 2 atom stereocenters. The maximum atomic E-state index is 13.6. The summed E-state index contributed by atoms with van der Waals surface area (Å²) >= 11 is 0. The van der Waals surface area contributed by atoms with Crippen LogP contribution in [0.25, 0.3) is 0 Å². The Balaban J connectivity index is 2.40. The van der Waals surface area contributed by atoms with Crippen molar-refractivity contribution in [3.63, 3.8) is 0 Å². The molecule has 0 aliphatic rings. The van der Waals surface area contributed by atoms with E-state index in [4.69, 9.17) is 0 Å². The summed E-state index contributed by atoms with van der Waals surface area (Å²) in [5.41, 5.74) is 2.36. The molecule has 2 amide bonds. The Kier molecular flexibility index (Phi) is 10.1. The Hall–Kier alpha value is -2.87. The smallest absolute Gasteiger partial charge is 0.244 e. The number of amides is 2. The van der Waals surface area contributed by atoms with Gasteiger partial charge < -0.3 is 10.2 Å². The van der Waals surface area contributed by atoms with Gasteiger partial charge in [-0.05, 0) is 49.4 Å². The molecule has 0 saturated heterocycles. The van der Waals surface area contributed by atoms with E-state index in [-0.39, 0.29) is 25.0 Å².